The maximum Gasteiger partial charge on any atom is 0.123 e. The number of allylic oxidation sites excluding steroid dienone is 1. The van der Waals surface area contributed by atoms with Crippen molar-refractivity contribution < 1.29 is 4.39 Å². The van der Waals surface area contributed by atoms with E-state index in [-0.39, 0.29) is 5.82 Å². The average molecular weight is 241 g/mol. The molecule has 2 N–H and O–H groups in total. The first kappa shape index (κ1) is 12.4. The van der Waals surface area contributed by atoms with Crippen LogP contribution in [-0.2, 0) is 6.42 Å². The Balaban J connectivity index is 2.15. The second-order valence-electron chi connectivity index (χ2n) is 4.42. The number of nitrogen functional groups attached to an aromatic ring is 1. The van der Waals surface area contributed by atoms with Gasteiger partial charge >= 0.3 is 0 Å². The lowest BCUT2D eigenvalue weighted by Crippen LogP contribution is -1.91. The van der Waals surface area contributed by atoms with E-state index in [1.54, 1.807) is 12.1 Å². The van der Waals surface area contributed by atoms with E-state index in [4.69, 9.17) is 5.73 Å². The van der Waals surface area contributed by atoms with Crippen molar-refractivity contribution in [2.45, 2.75) is 13.3 Å². The highest BCUT2D eigenvalue weighted by Crippen LogP contribution is 2.17. The predicted molar refractivity (Wildman–Crippen MR) is 74.6 cm³/mol. The number of rotatable bonds is 3. The van der Waals surface area contributed by atoms with Gasteiger partial charge in [-0.15, -0.1) is 0 Å². The van der Waals surface area contributed by atoms with E-state index >= 15 is 0 Å². The third kappa shape index (κ3) is 3.20. The fraction of sp³-hybridized carbons (Fsp3) is 0.125. The van der Waals surface area contributed by atoms with Gasteiger partial charge in [-0.1, -0.05) is 42.0 Å². The zero-order valence-electron chi connectivity index (χ0n) is 10.4. The molecule has 1 nitrogen and oxygen atoms in total. The number of hydrogen-bond donors (Lipinski definition) is 1. The topological polar surface area (TPSA) is 26.0 Å². The molecule has 2 heteroatoms. The molecule has 0 saturated heterocycles. The molecule has 0 aromatic heterocycles. The molecule has 0 amide bonds. The van der Waals surface area contributed by atoms with E-state index in [1.165, 1.54) is 17.7 Å². The van der Waals surface area contributed by atoms with E-state index in [9.17, 15) is 4.39 Å². The van der Waals surface area contributed by atoms with Gasteiger partial charge in [-0.2, -0.15) is 0 Å². The van der Waals surface area contributed by atoms with Crippen LogP contribution in [0.1, 0.15) is 18.1 Å². The van der Waals surface area contributed by atoms with Gasteiger partial charge in [0.1, 0.15) is 5.82 Å². The normalized spacial score (nSPS) is 11.6. The molecule has 0 atom stereocenters. The van der Waals surface area contributed by atoms with E-state index < -0.39 is 0 Å². The molecule has 92 valence electrons. The van der Waals surface area contributed by atoms with Crippen molar-refractivity contribution in [2.75, 3.05) is 5.73 Å². The van der Waals surface area contributed by atoms with Crippen molar-refractivity contribution >= 4 is 11.8 Å². The van der Waals surface area contributed by atoms with Crippen LogP contribution in [0.2, 0.25) is 0 Å². The maximum atomic E-state index is 12.8. The molecule has 0 aliphatic carbocycles. The highest BCUT2D eigenvalue weighted by molar-refractivity contribution is 5.65. The van der Waals surface area contributed by atoms with Crippen LogP contribution in [0.15, 0.2) is 54.1 Å². The molecule has 0 saturated carbocycles. The Labute approximate surface area is 107 Å². The van der Waals surface area contributed by atoms with Crippen LogP contribution in [-0.4, -0.2) is 0 Å². The Morgan fingerprint density at radius 3 is 2.44 bits per heavy atom. The number of anilines is 1. The molecule has 0 aliphatic rings. The second-order valence-corrected chi connectivity index (χ2v) is 4.42. The average Bonchev–Trinajstić information content (AvgIpc) is 2.35. The lowest BCUT2D eigenvalue weighted by Gasteiger charge is -2.04. The van der Waals surface area contributed by atoms with Gasteiger partial charge in [-0.05, 0) is 42.7 Å². The first-order chi connectivity index (χ1) is 8.65. The molecule has 0 heterocycles. The standard InChI is InChI=1S/C16H16FN/c1-12(10-13-6-8-15(17)9-7-13)11-14-4-2-3-5-16(14)18/h2-9,11H,10,18H2,1H3/b12-11+. The summed E-state index contributed by atoms with van der Waals surface area (Å²) in [5.41, 5.74) is 9.98. The third-order valence-electron chi connectivity index (χ3n) is 2.79. The zero-order chi connectivity index (χ0) is 13.0. The first-order valence-corrected chi connectivity index (χ1v) is 5.91. The second kappa shape index (κ2) is 5.50. The van der Waals surface area contributed by atoms with Crippen LogP contribution in [0.4, 0.5) is 10.1 Å². The summed E-state index contributed by atoms with van der Waals surface area (Å²) in [7, 11) is 0. The van der Waals surface area contributed by atoms with E-state index in [1.807, 2.05) is 24.3 Å². The van der Waals surface area contributed by atoms with Crippen LogP contribution in [0, 0.1) is 5.82 Å². The van der Waals surface area contributed by atoms with Crippen molar-refractivity contribution in [3.63, 3.8) is 0 Å². The smallest absolute Gasteiger partial charge is 0.123 e. The summed E-state index contributed by atoms with van der Waals surface area (Å²) in [6.45, 7) is 2.05. The largest absolute Gasteiger partial charge is 0.398 e. The Bertz CT molecular complexity index is 556. The Morgan fingerprint density at radius 1 is 1.11 bits per heavy atom. The van der Waals surface area contributed by atoms with Crippen molar-refractivity contribution in [3.8, 4) is 0 Å². The summed E-state index contributed by atoms with van der Waals surface area (Å²) >= 11 is 0. The first-order valence-electron chi connectivity index (χ1n) is 5.91. The summed E-state index contributed by atoms with van der Waals surface area (Å²) in [5, 5.41) is 0. The number of halogens is 1. The number of benzene rings is 2. The van der Waals surface area contributed by atoms with Gasteiger partial charge < -0.3 is 5.73 Å². The quantitative estimate of drug-likeness (QED) is 0.806. The summed E-state index contributed by atoms with van der Waals surface area (Å²) in [6.07, 6.45) is 2.87. The lowest BCUT2D eigenvalue weighted by atomic mass is 10.0. The van der Waals surface area contributed by atoms with Gasteiger partial charge in [-0.3, -0.25) is 0 Å². The maximum absolute atomic E-state index is 12.8. The van der Waals surface area contributed by atoms with Crippen LogP contribution < -0.4 is 5.73 Å². The highest BCUT2D eigenvalue weighted by Gasteiger charge is 1.98. The number of para-hydroxylation sites is 1. The molecular weight excluding hydrogens is 225 g/mol. The monoisotopic (exact) mass is 241 g/mol. The SMILES string of the molecule is C/C(=C\c1ccccc1N)Cc1ccc(F)cc1. The van der Waals surface area contributed by atoms with Crippen LogP contribution in [0.3, 0.4) is 0 Å². The number of hydrogen-bond acceptors (Lipinski definition) is 1. The fourth-order valence-electron chi connectivity index (χ4n) is 1.88. The molecule has 0 bridgehead atoms. The van der Waals surface area contributed by atoms with Gasteiger partial charge in [0.25, 0.3) is 0 Å². The molecule has 0 unspecified atom stereocenters. The molecule has 0 aliphatic heterocycles. The Hall–Kier alpha value is -2.09. The van der Waals surface area contributed by atoms with Crippen molar-refractivity contribution in [2.24, 2.45) is 0 Å². The molecule has 0 fully saturated rings. The summed E-state index contributed by atoms with van der Waals surface area (Å²) in [6, 6.07) is 14.3. The molecule has 18 heavy (non-hydrogen) atoms. The van der Waals surface area contributed by atoms with E-state index in [2.05, 4.69) is 13.0 Å². The molecule has 2 aromatic carbocycles. The summed E-state index contributed by atoms with van der Waals surface area (Å²) in [5.74, 6) is -0.201. The third-order valence-corrected chi connectivity index (χ3v) is 2.79. The van der Waals surface area contributed by atoms with Gasteiger partial charge in [0.15, 0.2) is 0 Å². The minimum atomic E-state index is -0.201. The fourth-order valence-corrected chi connectivity index (χ4v) is 1.88. The molecule has 0 spiro atoms. The Kier molecular flexibility index (Phi) is 3.78. The summed E-state index contributed by atoms with van der Waals surface area (Å²) in [4.78, 5) is 0. The van der Waals surface area contributed by atoms with Gasteiger partial charge in [0, 0.05) is 5.69 Å². The summed E-state index contributed by atoms with van der Waals surface area (Å²) < 4.78 is 12.8. The number of nitrogens with two attached hydrogens (primary N) is 1. The Morgan fingerprint density at radius 2 is 1.78 bits per heavy atom. The molecule has 0 radical (unpaired) electrons. The lowest BCUT2D eigenvalue weighted by molar-refractivity contribution is 0.627. The minimum absolute atomic E-state index is 0.201. The predicted octanol–water partition coefficient (Wildman–Crippen LogP) is 4.05. The van der Waals surface area contributed by atoms with E-state index in [0.717, 1.165) is 23.2 Å². The van der Waals surface area contributed by atoms with Gasteiger partial charge in [0.2, 0.25) is 0 Å². The van der Waals surface area contributed by atoms with Crippen LogP contribution >= 0.6 is 0 Å². The van der Waals surface area contributed by atoms with Gasteiger partial charge in [0.05, 0.1) is 0 Å². The highest BCUT2D eigenvalue weighted by atomic mass is 19.1. The van der Waals surface area contributed by atoms with E-state index in [0.29, 0.717) is 0 Å². The van der Waals surface area contributed by atoms with Crippen molar-refractivity contribution in [1.82, 2.24) is 0 Å². The van der Waals surface area contributed by atoms with Crippen molar-refractivity contribution in [3.05, 3.63) is 71.0 Å². The van der Waals surface area contributed by atoms with Crippen molar-refractivity contribution in [1.29, 1.82) is 0 Å². The van der Waals surface area contributed by atoms with Crippen LogP contribution in [0.25, 0.3) is 6.08 Å². The zero-order valence-corrected chi connectivity index (χ0v) is 10.4. The molecule has 2 aromatic rings. The molecule has 2 rings (SSSR count). The van der Waals surface area contributed by atoms with Gasteiger partial charge in [-0.25, -0.2) is 4.39 Å². The van der Waals surface area contributed by atoms with Crippen LogP contribution in [0.5, 0.6) is 0 Å². The minimum Gasteiger partial charge on any atom is -0.398 e. The molecular formula is C16H16FN.